The molecule has 0 nitrogen and oxygen atoms in total. The Morgan fingerprint density at radius 2 is 1.00 bits per heavy atom. The van der Waals surface area contributed by atoms with Crippen LogP contribution in [0.2, 0.25) is 0 Å². The lowest BCUT2D eigenvalue weighted by Gasteiger charge is -2.35. The number of thioether (sulfide) groups is 1. The van der Waals surface area contributed by atoms with Crippen molar-refractivity contribution in [1.82, 2.24) is 0 Å². The Balaban J connectivity index is 1.70. The summed E-state index contributed by atoms with van der Waals surface area (Å²) in [6, 6.07) is 44.7. The van der Waals surface area contributed by atoms with Gasteiger partial charge in [-0.25, -0.2) is 0 Å². The van der Waals surface area contributed by atoms with Crippen molar-refractivity contribution in [2.45, 2.75) is 29.8 Å². The van der Waals surface area contributed by atoms with Crippen molar-refractivity contribution in [2.24, 2.45) is 0 Å². The molecule has 4 aromatic carbocycles. The summed E-state index contributed by atoms with van der Waals surface area (Å²) in [5, 5.41) is 4.43. The molecule has 0 radical (unpaired) electrons. The second-order valence-electron chi connectivity index (χ2n) is 8.24. The fourth-order valence-electron chi connectivity index (χ4n) is 4.91. The number of allylic oxidation sites excluding steroid dienone is 2. The second-order valence-corrected chi connectivity index (χ2v) is 13.1. The number of hydrogen-bond acceptors (Lipinski definition) is 1. The normalized spacial score (nSPS) is 16.4. The minimum Gasteiger partial charge on any atom is -0.0947 e. The van der Waals surface area contributed by atoms with E-state index in [1.807, 2.05) is 11.8 Å². The number of hydrogen-bond donors (Lipinski definition) is 0. The molecule has 0 N–H and O–H groups in total. The zero-order valence-electron chi connectivity index (χ0n) is 18.2. The quantitative estimate of drug-likeness (QED) is 0.279. The van der Waals surface area contributed by atoms with Crippen LogP contribution in [0.25, 0.3) is 0 Å². The Kier molecular flexibility index (Phi) is 6.58. The SMILES string of the molecule is C1=C(Sc2ccccc2)CCCC1[P+](c1ccccc1)(c1ccccc1)c1ccccc1. The maximum Gasteiger partial charge on any atom is 0.118 e. The second kappa shape index (κ2) is 9.90. The van der Waals surface area contributed by atoms with E-state index in [4.69, 9.17) is 0 Å². The Morgan fingerprint density at radius 3 is 1.47 bits per heavy atom. The molecule has 0 aliphatic heterocycles. The monoisotopic (exact) mass is 451 g/mol. The van der Waals surface area contributed by atoms with E-state index in [0.29, 0.717) is 5.66 Å². The van der Waals surface area contributed by atoms with Gasteiger partial charge in [0.1, 0.15) is 28.8 Å². The summed E-state index contributed by atoms with van der Waals surface area (Å²) in [4.78, 5) is 2.85. The summed E-state index contributed by atoms with van der Waals surface area (Å²) in [6.45, 7) is 0. The van der Waals surface area contributed by atoms with Crippen LogP contribution >= 0.6 is 19.0 Å². The zero-order chi connectivity index (χ0) is 21.6. The molecule has 5 rings (SSSR count). The summed E-state index contributed by atoms with van der Waals surface area (Å²) < 4.78 is 0. The van der Waals surface area contributed by atoms with E-state index >= 15 is 0 Å². The molecule has 4 aromatic rings. The Bertz CT molecular complexity index is 1060. The molecule has 0 saturated carbocycles. The maximum absolute atomic E-state index is 2.63. The van der Waals surface area contributed by atoms with Crippen LogP contribution in [0.4, 0.5) is 0 Å². The first-order valence-electron chi connectivity index (χ1n) is 11.4. The smallest absolute Gasteiger partial charge is 0.0947 e. The molecule has 2 heteroatoms. The Morgan fingerprint density at radius 1 is 0.562 bits per heavy atom. The van der Waals surface area contributed by atoms with Gasteiger partial charge in [-0.2, -0.15) is 0 Å². The maximum atomic E-state index is 2.63. The number of benzene rings is 4. The van der Waals surface area contributed by atoms with Crippen molar-refractivity contribution < 1.29 is 0 Å². The van der Waals surface area contributed by atoms with Crippen LogP contribution < -0.4 is 15.9 Å². The largest absolute Gasteiger partial charge is 0.118 e. The Labute approximate surface area is 196 Å². The van der Waals surface area contributed by atoms with Gasteiger partial charge in [-0.05, 0) is 78.8 Å². The molecule has 1 aliphatic carbocycles. The van der Waals surface area contributed by atoms with E-state index in [2.05, 4.69) is 127 Å². The van der Waals surface area contributed by atoms with E-state index in [9.17, 15) is 0 Å². The third-order valence-electron chi connectivity index (χ3n) is 6.28. The van der Waals surface area contributed by atoms with E-state index in [-0.39, 0.29) is 0 Å². The fourth-order valence-corrected chi connectivity index (χ4v) is 11.0. The van der Waals surface area contributed by atoms with Crippen LogP contribution in [-0.2, 0) is 0 Å². The highest BCUT2D eigenvalue weighted by Crippen LogP contribution is 2.63. The topological polar surface area (TPSA) is 0 Å². The van der Waals surface area contributed by atoms with Crippen molar-refractivity contribution in [2.75, 3.05) is 0 Å². The summed E-state index contributed by atoms with van der Waals surface area (Å²) in [6.07, 6.45) is 6.27. The highest BCUT2D eigenvalue weighted by atomic mass is 32.2. The van der Waals surface area contributed by atoms with Crippen molar-refractivity contribution in [3.05, 3.63) is 132 Å². The third-order valence-corrected chi connectivity index (χ3v) is 12.1. The van der Waals surface area contributed by atoms with Gasteiger partial charge in [-0.15, -0.1) is 0 Å². The Hall–Kier alpha value is -2.60. The van der Waals surface area contributed by atoms with Crippen molar-refractivity contribution >= 4 is 34.9 Å². The standard InChI is InChI=1S/C30H28PS/c1-5-14-25(15-6-1)31(26-16-7-2-8-17-26,27-18-9-3-10-19-27)28-20-13-23-30(24-28)32-29-21-11-4-12-22-29/h1-12,14-19,21-22,24,28H,13,20,23H2/q+1. The third kappa shape index (κ3) is 4.20. The van der Waals surface area contributed by atoms with Crippen molar-refractivity contribution in [3.63, 3.8) is 0 Å². The molecule has 0 aromatic heterocycles. The number of rotatable bonds is 6. The van der Waals surface area contributed by atoms with E-state index in [1.165, 1.54) is 45.0 Å². The van der Waals surface area contributed by atoms with Gasteiger partial charge in [0.2, 0.25) is 0 Å². The molecule has 158 valence electrons. The average molecular weight is 452 g/mol. The summed E-state index contributed by atoms with van der Waals surface area (Å²) in [7, 11) is -1.86. The first-order valence-corrected chi connectivity index (χ1v) is 14.0. The summed E-state index contributed by atoms with van der Waals surface area (Å²) in [5.74, 6) is 0. The average Bonchev–Trinajstić information content (AvgIpc) is 2.88. The molecule has 0 amide bonds. The predicted octanol–water partition coefficient (Wildman–Crippen LogP) is 7.21. The first-order chi connectivity index (χ1) is 15.9. The fraction of sp³-hybridized carbons (Fsp3) is 0.133. The highest BCUT2D eigenvalue weighted by Gasteiger charge is 2.51. The molecule has 0 heterocycles. The van der Waals surface area contributed by atoms with Crippen LogP contribution in [0.15, 0.2) is 137 Å². The molecular formula is C30H28PS+. The van der Waals surface area contributed by atoms with Gasteiger partial charge in [0.15, 0.2) is 0 Å². The molecule has 32 heavy (non-hydrogen) atoms. The summed E-state index contributed by atoms with van der Waals surface area (Å²) >= 11 is 1.95. The zero-order valence-corrected chi connectivity index (χ0v) is 19.9. The van der Waals surface area contributed by atoms with Gasteiger partial charge in [0.25, 0.3) is 0 Å². The van der Waals surface area contributed by atoms with Crippen LogP contribution in [0.3, 0.4) is 0 Å². The molecule has 0 fully saturated rings. The van der Waals surface area contributed by atoms with Crippen LogP contribution in [0, 0.1) is 0 Å². The van der Waals surface area contributed by atoms with Gasteiger partial charge in [0, 0.05) is 4.90 Å². The van der Waals surface area contributed by atoms with Crippen LogP contribution in [-0.4, -0.2) is 5.66 Å². The lowest BCUT2D eigenvalue weighted by molar-refractivity contribution is 0.728. The molecular weight excluding hydrogens is 423 g/mol. The molecule has 1 aliphatic rings. The van der Waals surface area contributed by atoms with Gasteiger partial charge in [-0.3, -0.25) is 0 Å². The lowest BCUT2D eigenvalue weighted by atomic mass is 10.1. The lowest BCUT2D eigenvalue weighted by Crippen LogP contribution is -2.38. The predicted molar refractivity (Wildman–Crippen MR) is 143 cm³/mol. The summed E-state index contributed by atoms with van der Waals surface area (Å²) in [5.41, 5.74) is 0.495. The van der Waals surface area contributed by atoms with Crippen molar-refractivity contribution in [3.8, 4) is 0 Å². The minimum atomic E-state index is -1.86. The molecule has 0 saturated heterocycles. The molecule has 0 spiro atoms. The van der Waals surface area contributed by atoms with Gasteiger partial charge >= 0.3 is 0 Å². The molecule has 0 bridgehead atoms. The van der Waals surface area contributed by atoms with Crippen molar-refractivity contribution in [1.29, 1.82) is 0 Å². The van der Waals surface area contributed by atoms with E-state index < -0.39 is 7.26 Å². The molecule has 1 atom stereocenters. The minimum absolute atomic E-state index is 0.495. The first kappa shape index (κ1) is 21.3. The van der Waals surface area contributed by atoms with Gasteiger partial charge < -0.3 is 0 Å². The van der Waals surface area contributed by atoms with Gasteiger partial charge in [0.05, 0.1) is 0 Å². The van der Waals surface area contributed by atoms with E-state index in [1.54, 1.807) is 0 Å². The van der Waals surface area contributed by atoms with E-state index in [0.717, 1.165) is 0 Å². The molecule has 1 unspecified atom stereocenters. The van der Waals surface area contributed by atoms with Gasteiger partial charge in [-0.1, -0.05) is 84.6 Å². The van der Waals surface area contributed by atoms with Crippen LogP contribution in [0.1, 0.15) is 19.3 Å². The highest BCUT2D eigenvalue weighted by molar-refractivity contribution is 8.03. The van der Waals surface area contributed by atoms with Crippen LogP contribution in [0.5, 0.6) is 0 Å².